The molecule has 2 aromatic heterocycles. The third-order valence-electron chi connectivity index (χ3n) is 11.9. The van der Waals surface area contributed by atoms with Crippen molar-refractivity contribution in [2.45, 2.75) is 0 Å². The average molecular weight is 843 g/mol. The normalized spacial score (nSPS) is 11.0. The van der Waals surface area contributed by atoms with Crippen molar-refractivity contribution in [1.29, 1.82) is 0 Å². The number of pyridine rings is 1. The predicted octanol–water partition coefficient (Wildman–Crippen LogP) is 15.9. The minimum atomic E-state index is 0.593. The Hall–Kier alpha value is -8.86. The summed E-state index contributed by atoms with van der Waals surface area (Å²) in [6.45, 7) is 0. The molecular weight excluding hydrogens is 801 g/mol. The molecule has 0 atom stereocenters. The van der Waals surface area contributed by atoms with Crippen LogP contribution in [0.2, 0.25) is 0 Å². The van der Waals surface area contributed by atoms with E-state index in [0.717, 1.165) is 89.3 Å². The molecule has 0 aliphatic heterocycles. The Morgan fingerprint density at radius 3 is 0.788 bits per heavy atom. The van der Waals surface area contributed by atoms with Crippen molar-refractivity contribution in [2.24, 2.45) is 0 Å². The van der Waals surface area contributed by atoms with E-state index in [9.17, 15) is 0 Å². The molecule has 0 bridgehead atoms. The molecule has 11 aromatic rings. The van der Waals surface area contributed by atoms with Gasteiger partial charge in [-0.2, -0.15) is 0 Å². The van der Waals surface area contributed by atoms with Gasteiger partial charge in [0.25, 0.3) is 0 Å². The molecule has 4 heteroatoms. The molecule has 310 valence electrons. The maximum atomic E-state index is 5.67. The van der Waals surface area contributed by atoms with Crippen LogP contribution >= 0.6 is 0 Å². The first kappa shape index (κ1) is 40.0. The lowest BCUT2D eigenvalue weighted by Crippen LogP contribution is -2.03. The fraction of sp³-hybridized carbons (Fsp3) is 0. The number of aromatic nitrogens is 4. The highest BCUT2D eigenvalue weighted by Gasteiger charge is 2.29. The van der Waals surface area contributed by atoms with Crippen LogP contribution in [-0.4, -0.2) is 19.9 Å². The van der Waals surface area contributed by atoms with Gasteiger partial charge in [0.1, 0.15) is 0 Å². The highest BCUT2D eigenvalue weighted by Crippen LogP contribution is 2.55. The van der Waals surface area contributed by atoms with Gasteiger partial charge in [-0.05, 0) is 62.7 Å². The zero-order valence-electron chi connectivity index (χ0n) is 36.0. The van der Waals surface area contributed by atoms with Crippen LogP contribution < -0.4 is 0 Å². The van der Waals surface area contributed by atoms with Crippen LogP contribution in [0.3, 0.4) is 0 Å². The topological polar surface area (TPSA) is 51.6 Å². The highest BCUT2D eigenvalue weighted by molar-refractivity contribution is 6.14. The Labute approximate surface area is 385 Å². The molecule has 0 saturated heterocycles. The van der Waals surface area contributed by atoms with Crippen LogP contribution in [0.15, 0.2) is 255 Å². The molecule has 0 spiro atoms. The Morgan fingerprint density at radius 2 is 0.424 bits per heavy atom. The fourth-order valence-corrected chi connectivity index (χ4v) is 8.96. The van der Waals surface area contributed by atoms with Crippen LogP contribution in [-0.2, 0) is 0 Å². The lowest BCUT2D eigenvalue weighted by molar-refractivity contribution is 1.07. The van der Waals surface area contributed by atoms with Gasteiger partial charge in [0, 0.05) is 38.9 Å². The number of benzene rings is 9. The van der Waals surface area contributed by atoms with Gasteiger partial charge in [-0.3, -0.25) is 0 Å². The van der Waals surface area contributed by atoms with E-state index >= 15 is 0 Å². The van der Waals surface area contributed by atoms with Crippen molar-refractivity contribution in [2.75, 3.05) is 0 Å². The summed E-state index contributed by atoms with van der Waals surface area (Å²) < 4.78 is 0. The second-order valence-electron chi connectivity index (χ2n) is 16.1. The van der Waals surface area contributed by atoms with Gasteiger partial charge in [0.15, 0.2) is 17.5 Å². The van der Waals surface area contributed by atoms with E-state index in [4.69, 9.17) is 19.9 Å². The lowest BCUT2D eigenvalue weighted by Gasteiger charge is -2.28. The highest BCUT2D eigenvalue weighted by atomic mass is 15.0. The molecular formula is C62H42N4. The number of hydrogen-bond donors (Lipinski definition) is 0. The molecule has 0 radical (unpaired) electrons. The summed E-state index contributed by atoms with van der Waals surface area (Å²) in [6.07, 6.45) is 0. The van der Waals surface area contributed by atoms with E-state index in [1.165, 1.54) is 5.56 Å². The Bertz CT molecular complexity index is 3260. The van der Waals surface area contributed by atoms with Crippen LogP contribution in [0, 0.1) is 0 Å². The molecule has 0 fully saturated rings. The van der Waals surface area contributed by atoms with Crippen molar-refractivity contribution < 1.29 is 0 Å². The van der Waals surface area contributed by atoms with Crippen LogP contribution in [0.4, 0.5) is 0 Å². The van der Waals surface area contributed by atoms with E-state index < -0.39 is 0 Å². The minimum Gasteiger partial charge on any atom is -0.248 e. The summed E-state index contributed by atoms with van der Waals surface area (Å²) in [6, 6.07) is 89.1. The van der Waals surface area contributed by atoms with Crippen LogP contribution in [0.5, 0.6) is 0 Å². The molecule has 2 heterocycles. The second-order valence-corrected chi connectivity index (χ2v) is 16.1. The zero-order chi connectivity index (χ0) is 44.1. The fourth-order valence-electron chi connectivity index (χ4n) is 8.96. The van der Waals surface area contributed by atoms with E-state index in [1.54, 1.807) is 0 Å². The Morgan fingerprint density at radius 1 is 0.167 bits per heavy atom. The minimum absolute atomic E-state index is 0.593. The van der Waals surface area contributed by atoms with Gasteiger partial charge in [0.2, 0.25) is 0 Å². The average Bonchev–Trinajstić information content (AvgIpc) is 3.41. The first-order valence-electron chi connectivity index (χ1n) is 22.2. The SMILES string of the molecule is c1ccc(-c2nc(-c3ccccc3)nc(-c3cccc(-c4cccc(-c5c(-c6ccccc6)c(-c6ccccc6)c(-c6ccccc6)c(-c6ccccc6)c5-c5ccccc5)n4)c3)n2)cc1. The third kappa shape index (κ3) is 7.89. The first-order chi connectivity index (χ1) is 32.8. The summed E-state index contributed by atoms with van der Waals surface area (Å²) in [7, 11) is 0. The lowest BCUT2D eigenvalue weighted by atomic mass is 9.75. The molecule has 0 saturated carbocycles. The molecule has 9 aromatic carbocycles. The molecule has 0 amide bonds. The molecule has 11 rings (SSSR count). The van der Waals surface area contributed by atoms with E-state index in [1.807, 2.05) is 60.7 Å². The third-order valence-corrected chi connectivity index (χ3v) is 11.9. The molecule has 0 unspecified atom stereocenters. The molecule has 0 aliphatic carbocycles. The van der Waals surface area contributed by atoms with E-state index in [-0.39, 0.29) is 0 Å². The largest absolute Gasteiger partial charge is 0.248 e. The Kier molecular flexibility index (Phi) is 10.9. The van der Waals surface area contributed by atoms with Gasteiger partial charge in [-0.25, -0.2) is 19.9 Å². The van der Waals surface area contributed by atoms with Crippen molar-refractivity contribution in [3.63, 3.8) is 0 Å². The number of hydrogen-bond acceptors (Lipinski definition) is 4. The predicted molar refractivity (Wildman–Crippen MR) is 272 cm³/mol. The van der Waals surface area contributed by atoms with Gasteiger partial charge in [0.05, 0.1) is 11.4 Å². The summed E-state index contributed by atoms with van der Waals surface area (Å²) in [4.78, 5) is 20.7. The molecule has 4 nitrogen and oxygen atoms in total. The Balaban J connectivity index is 1.19. The standard InChI is InChI=1S/C62H42N4/c1-8-24-43(25-9-1)54-55(44-26-10-2-11-27-44)57(46-30-14-4-15-31-46)59(58(47-32-16-5-17-33-47)56(54)45-28-12-3-13-29-45)53-41-23-40-52(63-53)50-38-22-39-51(42-50)62-65-60(48-34-18-6-19-35-48)64-61(66-62)49-36-20-7-21-37-49/h1-42H. The zero-order valence-corrected chi connectivity index (χ0v) is 36.0. The van der Waals surface area contributed by atoms with Crippen molar-refractivity contribution in [3.05, 3.63) is 255 Å². The molecule has 66 heavy (non-hydrogen) atoms. The van der Waals surface area contributed by atoms with Gasteiger partial charge in [-0.15, -0.1) is 0 Å². The van der Waals surface area contributed by atoms with Crippen molar-refractivity contribution >= 4 is 0 Å². The molecule has 0 N–H and O–H groups in total. The summed E-state index contributed by atoms with van der Waals surface area (Å²) in [5, 5.41) is 0. The van der Waals surface area contributed by atoms with Gasteiger partial charge in [-0.1, -0.05) is 237 Å². The summed E-state index contributed by atoms with van der Waals surface area (Å²) >= 11 is 0. The van der Waals surface area contributed by atoms with E-state index in [0.29, 0.717) is 17.5 Å². The number of rotatable bonds is 10. The molecule has 0 aliphatic rings. The van der Waals surface area contributed by atoms with Crippen LogP contribution in [0.1, 0.15) is 0 Å². The number of nitrogens with zero attached hydrogens (tertiary/aromatic N) is 4. The maximum absolute atomic E-state index is 5.67. The van der Waals surface area contributed by atoms with Crippen molar-refractivity contribution in [3.8, 4) is 112 Å². The van der Waals surface area contributed by atoms with Gasteiger partial charge < -0.3 is 0 Å². The van der Waals surface area contributed by atoms with Gasteiger partial charge >= 0.3 is 0 Å². The summed E-state index contributed by atoms with van der Waals surface area (Å²) in [5.41, 5.74) is 17.7. The van der Waals surface area contributed by atoms with Crippen LogP contribution in [0.25, 0.3) is 112 Å². The van der Waals surface area contributed by atoms with E-state index in [2.05, 4.69) is 194 Å². The first-order valence-corrected chi connectivity index (χ1v) is 22.2. The smallest absolute Gasteiger partial charge is 0.164 e. The maximum Gasteiger partial charge on any atom is 0.164 e. The van der Waals surface area contributed by atoms with Crippen molar-refractivity contribution in [1.82, 2.24) is 19.9 Å². The second kappa shape index (κ2) is 18.1. The summed E-state index contributed by atoms with van der Waals surface area (Å²) in [5.74, 6) is 1.83. The monoisotopic (exact) mass is 842 g/mol. The quantitative estimate of drug-likeness (QED) is 0.138.